The normalized spacial score (nSPS) is 15.8. The summed E-state index contributed by atoms with van der Waals surface area (Å²) in [6.45, 7) is 6.37. The predicted molar refractivity (Wildman–Crippen MR) is 90.3 cm³/mol. The molecule has 1 saturated heterocycles. The molecule has 0 radical (unpaired) electrons. The van der Waals surface area contributed by atoms with Gasteiger partial charge in [0.1, 0.15) is 16.9 Å². The molecule has 1 fully saturated rings. The number of hydrogen-bond acceptors (Lipinski definition) is 5. The number of carbonyl (C=O) groups excluding carboxylic acids is 1. The second kappa shape index (κ2) is 7.16. The molecule has 0 saturated carbocycles. The van der Waals surface area contributed by atoms with E-state index >= 15 is 0 Å². The molecule has 1 aromatic heterocycles. The highest BCUT2D eigenvalue weighted by atomic mass is 16.6. The van der Waals surface area contributed by atoms with Crippen LogP contribution in [0.15, 0.2) is 17.1 Å². The van der Waals surface area contributed by atoms with Gasteiger partial charge in [0.2, 0.25) is 0 Å². The van der Waals surface area contributed by atoms with Crippen LogP contribution in [0.1, 0.15) is 50.0 Å². The molecule has 0 aliphatic carbocycles. The largest absolute Gasteiger partial charge is 0.494 e. The Hall–Kier alpha value is -2.51. The van der Waals surface area contributed by atoms with Gasteiger partial charge < -0.3 is 24.0 Å². The molecule has 1 N–H and O–H groups in total. The third kappa shape index (κ3) is 4.52. The highest BCUT2D eigenvalue weighted by Gasteiger charge is 2.28. The fourth-order valence-electron chi connectivity index (χ4n) is 2.80. The molecule has 0 atom stereocenters. The minimum absolute atomic E-state index is 0.122. The number of nitrogens with zero attached hydrogens (tertiary/aromatic N) is 2. The summed E-state index contributed by atoms with van der Waals surface area (Å²) in [4.78, 5) is 37.1. The van der Waals surface area contributed by atoms with E-state index in [4.69, 9.17) is 14.6 Å². The van der Waals surface area contributed by atoms with Crippen LogP contribution in [0.5, 0.6) is 5.75 Å². The van der Waals surface area contributed by atoms with E-state index in [2.05, 4.69) is 0 Å². The zero-order valence-corrected chi connectivity index (χ0v) is 14.9. The topological polar surface area (TPSA) is 98.1 Å². The van der Waals surface area contributed by atoms with Crippen molar-refractivity contribution >= 4 is 12.1 Å². The minimum atomic E-state index is -1.21. The molecule has 8 nitrogen and oxygen atoms in total. The number of aromatic carboxylic acids is 1. The Morgan fingerprint density at radius 3 is 2.32 bits per heavy atom. The summed E-state index contributed by atoms with van der Waals surface area (Å²) < 4.78 is 11.9. The summed E-state index contributed by atoms with van der Waals surface area (Å²) in [5, 5.41) is 9.12. The first-order chi connectivity index (χ1) is 11.6. The van der Waals surface area contributed by atoms with Crippen LogP contribution in [0.2, 0.25) is 0 Å². The van der Waals surface area contributed by atoms with E-state index in [1.165, 1.54) is 17.9 Å². The fraction of sp³-hybridized carbons (Fsp3) is 0.588. The van der Waals surface area contributed by atoms with Crippen molar-refractivity contribution < 1.29 is 24.2 Å². The molecule has 2 rings (SSSR count). The highest BCUT2D eigenvalue weighted by Crippen LogP contribution is 2.25. The quantitative estimate of drug-likeness (QED) is 0.895. The monoisotopic (exact) mass is 352 g/mol. The maximum atomic E-state index is 12.3. The van der Waals surface area contributed by atoms with Gasteiger partial charge in [-0.1, -0.05) is 0 Å². The second-order valence-corrected chi connectivity index (χ2v) is 7.00. The van der Waals surface area contributed by atoms with Crippen molar-refractivity contribution in [2.45, 2.75) is 45.3 Å². The van der Waals surface area contributed by atoms with Crippen molar-refractivity contribution in [1.82, 2.24) is 9.47 Å². The number of likely N-dealkylation sites (tertiary alicyclic amines) is 1. The number of hydrogen-bond donors (Lipinski definition) is 1. The Labute approximate surface area is 146 Å². The summed E-state index contributed by atoms with van der Waals surface area (Å²) >= 11 is 0. The molecular weight excluding hydrogens is 328 g/mol. The summed E-state index contributed by atoms with van der Waals surface area (Å²) in [6, 6.07) is 0.949. The number of piperidine rings is 1. The van der Waals surface area contributed by atoms with Crippen LogP contribution in [-0.2, 0) is 4.74 Å². The SMILES string of the molecule is COc1cn(C2CCN(C(=O)OC(C)(C)C)CC2)c(=O)cc1C(=O)O. The van der Waals surface area contributed by atoms with Crippen LogP contribution >= 0.6 is 0 Å². The third-order valence-electron chi connectivity index (χ3n) is 4.00. The van der Waals surface area contributed by atoms with E-state index in [0.29, 0.717) is 25.9 Å². The third-order valence-corrected chi connectivity index (χ3v) is 4.00. The van der Waals surface area contributed by atoms with Gasteiger partial charge in [0.25, 0.3) is 5.56 Å². The predicted octanol–water partition coefficient (Wildman–Crippen LogP) is 2.13. The van der Waals surface area contributed by atoms with Crippen molar-refractivity contribution in [2.24, 2.45) is 0 Å². The Bertz CT molecular complexity index is 711. The number of aromatic nitrogens is 1. The highest BCUT2D eigenvalue weighted by molar-refractivity contribution is 5.90. The number of rotatable bonds is 3. The molecule has 138 valence electrons. The first kappa shape index (κ1) is 18.8. The lowest BCUT2D eigenvalue weighted by molar-refractivity contribution is 0.0187. The van der Waals surface area contributed by atoms with Gasteiger partial charge in [0.05, 0.1) is 13.3 Å². The Kier molecular flexibility index (Phi) is 5.39. The van der Waals surface area contributed by atoms with Gasteiger partial charge >= 0.3 is 12.1 Å². The van der Waals surface area contributed by atoms with Crippen LogP contribution < -0.4 is 10.3 Å². The molecule has 1 aromatic rings. The summed E-state index contributed by atoms with van der Waals surface area (Å²) in [7, 11) is 1.36. The molecule has 1 amide bonds. The molecule has 8 heteroatoms. The van der Waals surface area contributed by atoms with Gasteiger partial charge in [-0.3, -0.25) is 4.79 Å². The van der Waals surface area contributed by atoms with Crippen LogP contribution in [0.4, 0.5) is 4.79 Å². The van der Waals surface area contributed by atoms with Gasteiger partial charge in [-0.15, -0.1) is 0 Å². The van der Waals surface area contributed by atoms with E-state index in [1.807, 2.05) is 20.8 Å². The molecule has 0 bridgehead atoms. The van der Waals surface area contributed by atoms with E-state index in [1.54, 1.807) is 4.90 Å². The van der Waals surface area contributed by atoms with E-state index in [-0.39, 0.29) is 23.4 Å². The molecular formula is C17H24N2O6. The van der Waals surface area contributed by atoms with Gasteiger partial charge in [0.15, 0.2) is 0 Å². The summed E-state index contributed by atoms with van der Waals surface area (Å²) in [6.07, 6.45) is 2.22. The number of methoxy groups -OCH3 is 1. The number of carbonyl (C=O) groups is 2. The van der Waals surface area contributed by atoms with Gasteiger partial charge in [0, 0.05) is 25.2 Å². The van der Waals surface area contributed by atoms with Crippen molar-refractivity contribution in [1.29, 1.82) is 0 Å². The van der Waals surface area contributed by atoms with E-state index in [9.17, 15) is 14.4 Å². The average Bonchev–Trinajstić information content (AvgIpc) is 2.53. The lowest BCUT2D eigenvalue weighted by Crippen LogP contribution is -2.43. The Morgan fingerprint density at radius 1 is 1.24 bits per heavy atom. The minimum Gasteiger partial charge on any atom is -0.494 e. The molecule has 2 heterocycles. The lowest BCUT2D eigenvalue weighted by atomic mass is 10.0. The van der Waals surface area contributed by atoms with Crippen LogP contribution in [0.3, 0.4) is 0 Å². The first-order valence-corrected chi connectivity index (χ1v) is 8.14. The zero-order valence-electron chi connectivity index (χ0n) is 14.9. The number of pyridine rings is 1. The van der Waals surface area contributed by atoms with Gasteiger partial charge in [-0.25, -0.2) is 9.59 Å². The van der Waals surface area contributed by atoms with Crippen LogP contribution in [-0.4, -0.2) is 52.4 Å². The van der Waals surface area contributed by atoms with Crippen LogP contribution in [0, 0.1) is 0 Å². The van der Waals surface area contributed by atoms with Gasteiger partial charge in [-0.05, 0) is 33.6 Å². The smallest absolute Gasteiger partial charge is 0.410 e. The molecule has 1 aliphatic heterocycles. The van der Waals surface area contributed by atoms with E-state index < -0.39 is 17.1 Å². The fourth-order valence-corrected chi connectivity index (χ4v) is 2.80. The van der Waals surface area contributed by atoms with Crippen molar-refractivity contribution in [2.75, 3.05) is 20.2 Å². The van der Waals surface area contributed by atoms with Crippen molar-refractivity contribution in [3.8, 4) is 5.75 Å². The van der Waals surface area contributed by atoms with Gasteiger partial charge in [-0.2, -0.15) is 0 Å². The second-order valence-electron chi connectivity index (χ2n) is 7.00. The number of ether oxygens (including phenoxy) is 2. The van der Waals surface area contributed by atoms with E-state index in [0.717, 1.165) is 6.07 Å². The molecule has 0 aromatic carbocycles. The Morgan fingerprint density at radius 2 is 1.84 bits per heavy atom. The number of amides is 1. The Balaban J connectivity index is 2.12. The average molecular weight is 352 g/mol. The van der Waals surface area contributed by atoms with Crippen molar-refractivity contribution in [3.05, 3.63) is 28.2 Å². The lowest BCUT2D eigenvalue weighted by Gasteiger charge is -2.34. The zero-order chi connectivity index (χ0) is 18.8. The van der Waals surface area contributed by atoms with Crippen LogP contribution in [0.25, 0.3) is 0 Å². The van der Waals surface area contributed by atoms with Crippen molar-refractivity contribution in [3.63, 3.8) is 0 Å². The first-order valence-electron chi connectivity index (χ1n) is 8.14. The molecule has 1 aliphatic rings. The molecule has 0 spiro atoms. The molecule has 0 unspecified atom stereocenters. The number of carboxylic acid groups (broad SMARTS) is 1. The molecule has 25 heavy (non-hydrogen) atoms. The number of carboxylic acids is 1. The standard InChI is InChI=1S/C17H24N2O6/c1-17(2,3)25-16(23)18-7-5-11(6-8-18)19-10-13(24-4)12(15(21)22)9-14(19)20/h9-11H,5-8H2,1-4H3,(H,21,22). The summed E-state index contributed by atoms with van der Waals surface area (Å²) in [5.74, 6) is -1.07. The maximum absolute atomic E-state index is 12.3. The maximum Gasteiger partial charge on any atom is 0.410 e. The summed E-state index contributed by atoms with van der Waals surface area (Å²) in [5.41, 5.74) is -1.10.